The van der Waals surface area contributed by atoms with Gasteiger partial charge in [0.1, 0.15) is 0 Å². The van der Waals surface area contributed by atoms with Crippen LogP contribution in [0.5, 0.6) is 0 Å². The van der Waals surface area contributed by atoms with E-state index in [1.54, 1.807) is 11.9 Å². The zero-order valence-corrected chi connectivity index (χ0v) is 9.71. The van der Waals surface area contributed by atoms with Gasteiger partial charge < -0.3 is 10.0 Å². The molecular weight excluding hydrogens is 224 g/mol. The fourth-order valence-corrected chi connectivity index (χ4v) is 1.52. The molecule has 0 spiro atoms. The van der Waals surface area contributed by atoms with Gasteiger partial charge in [0.25, 0.3) is 5.69 Å². The zero-order valence-electron chi connectivity index (χ0n) is 9.71. The van der Waals surface area contributed by atoms with Crippen LogP contribution in [-0.2, 0) is 0 Å². The Bertz CT molecular complexity index is 445. The van der Waals surface area contributed by atoms with Crippen molar-refractivity contribution in [2.45, 2.75) is 6.92 Å². The first-order valence-corrected chi connectivity index (χ1v) is 5.08. The number of nitro groups is 1. The highest BCUT2D eigenvalue weighted by molar-refractivity contribution is 6.00. The van der Waals surface area contributed by atoms with E-state index in [2.05, 4.69) is 0 Å². The molecule has 0 heterocycles. The molecule has 0 atom stereocenters. The number of non-ortho nitro benzene ring substituents is 1. The summed E-state index contributed by atoms with van der Waals surface area (Å²) in [5.41, 5.74) is 0.753. The van der Waals surface area contributed by atoms with Gasteiger partial charge in [-0.2, -0.15) is 0 Å². The molecule has 1 aromatic carbocycles. The zero-order chi connectivity index (χ0) is 13.0. The topological polar surface area (TPSA) is 83.7 Å². The summed E-state index contributed by atoms with van der Waals surface area (Å²) >= 11 is 0. The van der Waals surface area contributed by atoms with Gasteiger partial charge in [-0.3, -0.25) is 14.9 Å². The lowest BCUT2D eigenvalue weighted by molar-refractivity contribution is -0.384. The predicted octanol–water partition coefficient (Wildman–Crippen LogP) is 1.23. The Kier molecular flexibility index (Phi) is 4.17. The minimum Gasteiger partial charge on any atom is -0.395 e. The minimum absolute atomic E-state index is 0.0508. The average molecular weight is 238 g/mol. The van der Waals surface area contributed by atoms with Gasteiger partial charge in [0, 0.05) is 37.0 Å². The lowest BCUT2D eigenvalue weighted by atomic mass is 10.1. The number of hydrogen-bond acceptors (Lipinski definition) is 5. The Morgan fingerprint density at radius 3 is 2.65 bits per heavy atom. The van der Waals surface area contributed by atoms with Crippen LogP contribution in [-0.4, -0.2) is 36.0 Å². The fourth-order valence-electron chi connectivity index (χ4n) is 1.52. The van der Waals surface area contributed by atoms with Crippen molar-refractivity contribution in [3.05, 3.63) is 33.9 Å². The van der Waals surface area contributed by atoms with E-state index in [-0.39, 0.29) is 23.6 Å². The number of Topliss-reactive ketones (excluding diaryl/α,β-unsaturated/α-hetero) is 1. The van der Waals surface area contributed by atoms with E-state index in [9.17, 15) is 14.9 Å². The molecule has 6 heteroatoms. The summed E-state index contributed by atoms with van der Waals surface area (Å²) in [6.07, 6.45) is 0. The number of likely N-dealkylation sites (N-methyl/N-ethyl adjacent to an activating group) is 1. The molecule has 92 valence electrons. The summed E-state index contributed by atoms with van der Waals surface area (Å²) in [7, 11) is 1.71. The largest absolute Gasteiger partial charge is 0.395 e. The molecule has 17 heavy (non-hydrogen) atoms. The minimum atomic E-state index is -0.539. The molecular formula is C11H14N2O4. The van der Waals surface area contributed by atoms with Crippen LogP contribution in [0.25, 0.3) is 0 Å². The lowest BCUT2D eigenvalue weighted by Gasteiger charge is -2.20. The molecule has 0 unspecified atom stereocenters. The Labute approximate surface area is 98.6 Å². The molecule has 6 nitrogen and oxygen atoms in total. The number of benzene rings is 1. The van der Waals surface area contributed by atoms with E-state index in [0.29, 0.717) is 12.2 Å². The van der Waals surface area contributed by atoms with Crippen LogP contribution < -0.4 is 4.90 Å². The van der Waals surface area contributed by atoms with Gasteiger partial charge in [0.15, 0.2) is 5.78 Å². The van der Waals surface area contributed by atoms with Crippen molar-refractivity contribution in [1.29, 1.82) is 0 Å². The van der Waals surface area contributed by atoms with Crippen LogP contribution in [0, 0.1) is 10.1 Å². The second kappa shape index (κ2) is 5.40. The van der Waals surface area contributed by atoms with Crippen molar-refractivity contribution >= 4 is 17.2 Å². The average Bonchev–Trinajstić information content (AvgIpc) is 2.28. The van der Waals surface area contributed by atoms with Crippen LogP contribution in [0.15, 0.2) is 18.2 Å². The highest BCUT2D eigenvalue weighted by Crippen LogP contribution is 2.25. The van der Waals surface area contributed by atoms with E-state index >= 15 is 0 Å². The van der Waals surface area contributed by atoms with Crippen LogP contribution in [0.2, 0.25) is 0 Å². The Morgan fingerprint density at radius 1 is 1.53 bits per heavy atom. The van der Waals surface area contributed by atoms with Crippen LogP contribution >= 0.6 is 0 Å². The standard InChI is InChI=1S/C11H14N2O4/c1-8(15)10-7-9(13(16)17)3-4-11(10)12(2)5-6-14/h3-4,7,14H,5-6H2,1-2H3. The third-order valence-electron chi connectivity index (χ3n) is 2.42. The molecule has 0 aliphatic rings. The smallest absolute Gasteiger partial charge is 0.270 e. The van der Waals surface area contributed by atoms with E-state index in [0.717, 1.165) is 0 Å². The predicted molar refractivity (Wildman–Crippen MR) is 63.5 cm³/mol. The number of hydrogen-bond donors (Lipinski definition) is 1. The molecule has 0 fully saturated rings. The molecule has 1 N–H and O–H groups in total. The van der Waals surface area contributed by atoms with Gasteiger partial charge in [0.05, 0.1) is 11.5 Å². The maximum atomic E-state index is 11.4. The van der Waals surface area contributed by atoms with Crippen LogP contribution in [0.4, 0.5) is 11.4 Å². The number of aliphatic hydroxyl groups is 1. The highest BCUT2D eigenvalue weighted by atomic mass is 16.6. The molecule has 1 rings (SSSR count). The lowest BCUT2D eigenvalue weighted by Crippen LogP contribution is -2.23. The van der Waals surface area contributed by atoms with Crippen molar-refractivity contribution < 1.29 is 14.8 Å². The molecule has 0 aromatic heterocycles. The maximum absolute atomic E-state index is 11.4. The van der Waals surface area contributed by atoms with E-state index < -0.39 is 4.92 Å². The number of nitrogens with zero attached hydrogens (tertiary/aromatic N) is 2. The van der Waals surface area contributed by atoms with E-state index in [1.165, 1.54) is 25.1 Å². The molecule has 0 aliphatic heterocycles. The maximum Gasteiger partial charge on any atom is 0.270 e. The van der Waals surface area contributed by atoms with E-state index in [4.69, 9.17) is 5.11 Å². The number of rotatable bonds is 5. The van der Waals surface area contributed by atoms with Crippen molar-refractivity contribution in [2.75, 3.05) is 25.1 Å². The molecule has 0 bridgehead atoms. The highest BCUT2D eigenvalue weighted by Gasteiger charge is 2.16. The first kappa shape index (κ1) is 13.1. The van der Waals surface area contributed by atoms with Gasteiger partial charge in [-0.05, 0) is 13.0 Å². The van der Waals surface area contributed by atoms with E-state index in [1.807, 2.05) is 0 Å². The summed E-state index contributed by atoms with van der Waals surface area (Å²) < 4.78 is 0. The molecule has 0 saturated heterocycles. The molecule has 0 amide bonds. The summed E-state index contributed by atoms with van der Waals surface area (Å²) in [4.78, 5) is 23.2. The Balaban J connectivity index is 3.22. The summed E-state index contributed by atoms with van der Waals surface area (Å²) in [6, 6.07) is 4.12. The quantitative estimate of drug-likeness (QED) is 0.473. The van der Waals surface area contributed by atoms with Crippen LogP contribution in [0.3, 0.4) is 0 Å². The van der Waals surface area contributed by atoms with Crippen molar-refractivity contribution in [2.24, 2.45) is 0 Å². The number of aliphatic hydroxyl groups excluding tert-OH is 1. The first-order chi connectivity index (χ1) is 7.97. The van der Waals surface area contributed by atoms with Crippen molar-refractivity contribution in [3.8, 4) is 0 Å². The first-order valence-electron chi connectivity index (χ1n) is 5.08. The summed E-state index contributed by atoms with van der Waals surface area (Å²) in [6.45, 7) is 1.66. The van der Waals surface area contributed by atoms with Gasteiger partial charge in [-0.1, -0.05) is 0 Å². The van der Waals surface area contributed by atoms with Gasteiger partial charge in [-0.25, -0.2) is 0 Å². The molecule has 0 saturated carbocycles. The molecule has 1 aromatic rings. The molecule has 0 aliphatic carbocycles. The second-order valence-electron chi connectivity index (χ2n) is 3.66. The second-order valence-corrected chi connectivity index (χ2v) is 3.66. The summed E-state index contributed by atoms with van der Waals surface area (Å²) in [5, 5.41) is 19.5. The Hall–Kier alpha value is -1.95. The molecule has 0 radical (unpaired) electrons. The third-order valence-corrected chi connectivity index (χ3v) is 2.42. The van der Waals surface area contributed by atoms with Gasteiger partial charge in [-0.15, -0.1) is 0 Å². The monoisotopic (exact) mass is 238 g/mol. The number of ketones is 1. The third kappa shape index (κ3) is 3.01. The van der Waals surface area contributed by atoms with Crippen LogP contribution in [0.1, 0.15) is 17.3 Å². The van der Waals surface area contributed by atoms with Crippen molar-refractivity contribution in [3.63, 3.8) is 0 Å². The SMILES string of the molecule is CC(=O)c1cc([N+](=O)[O-])ccc1N(C)CCO. The number of carbonyl (C=O) groups excluding carboxylic acids is 1. The summed E-state index contributed by atoms with van der Waals surface area (Å²) in [5.74, 6) is -0.242. The number of carbonyl (C=O) groups is 1. The normalized spacial score (nSPS) is 10.1. The number of nitro benzene ring substituents is 1. The Morgan fingerprint density at radius 2 is 2.18 bits per heavy atom. The van der Waals surface area contributed by atoms with Gasteiger partial charge >= 0.3 is 0 Å². The van der Waals surface area contributed by atoms with Gasteiger partial charge in [0.2, 0.25) is 0 Å². The number of anilines is 1. The fraction of sp³-hybridized carbons (Fsp3) is 0.364. The van der Waals surface area contributed by atoms with Crippen molar-refractivity contribution in [1.82, 2.24) is 0 Å².